The van der Waals surface area contributed by atoms with Gasteiger partial charge in [0.1, 0.15) is 19.3 Å². The number of hydrogen-bond donors (Lipinski definition) is 3. The topological polar surface area (TPSA) is 237 Å². The average molecular weight is 1380 g/mol. The molecule has 0 aromatic carbocycles. The lowest BCUT2D eigenvalue weighted by molar-refractivity contribution is -0.161. The highest BCUT2D eigenvalue weighted by Gasteiger charge is 2.30. The Morgan fingerprint density at radius 1 is 0.298 bits per heavy atom. The van der Waals surface area contributed by atoms with E-state index >= 15 is 0 Å². The molecule has 6 atom stereocenters. The van der Waals surface area contributed by atoms with E-state index in [-0.39, 0.29) is 25.7 Å². The Labute approximate surface area is 575 Å². The van der Waals surface area contributed by atoms with E-state index in [0.717, 1.165) is 120 Å². The number of unbranched alkanes of at least 4 members (excludes halogenated alkanes) is 37. The third-order valence-corrected chi connectivity index (χ3v) is 19.6. The molecule has 0 bridgehead atoms. The molecule has 0 amide bonds. The van der Waals surface area contributed by atoms with Crippen molar-refractivity contribution in [3.8, 4) is 0 Å². The van der Waals surface area contributed by atoms with Gasteiger partial charge in [0.15, 0.2) is 12.2 Å². The number of hydrogen-bond acceptors (Lipinski definition) is 15. The van der Waals surface area contributed by atoms with E-state index in [1.807, 2.05) is 0 Å². The van der Waals surface area contributed by atoms with Crippen molar-refractivity contribution in [1.82, 2.24) is 0 Å². The SMILES string of the molecule is CCC(C)CCCCCCCCC(=O)OC[C@H](COP(=O)(O)OC[C@H](O)COP(=O)(O)OC[C@@H](COC(=O)CCCCCCCCCCCCCC(C)C)OC(=O)CCCCCCCCCCCCC(C)C)OC(=O)CCCCCCCCCCCCCCCCC(C)C. The predicted molar refractivity (Wildman–Crippen MR) is 381 cm³/mol. The molecule has 94 heavy (non-hydrogen) atoms. The van der Waals surface area contributed by atoms with Crippen LogP contribution in [0.5, 0.6) is 0 Å². The number of esters is 4. The minimum Gasteiger partial charge on any atom is -0.462 e. The van der Waals surface area contributed by atoms with Crippen molar-refractivity contribution in [2.24, 2.45) is 23.7 Å². The highest BCUT2D eigenvalue weighted by molar-refractivity contribution is 7.47. The first-order chi connectivity index (χ1) is 45.1. The summed E-state index contributed by atoms with van der Waals surface area (Å²) in [6, 6.07) is 0. The van der Waals surface area contributed by atoms with Crippen LogP contribution >= 0.6 is 15.6 Å². The molecule has 0 aromatic heterocycles. The summed E-state index contributed by atoms with van der Waals surface area (Å²) in [5, 5.41) is 10.6. The maximum absolute atomic E-state index is 13.1. The summed E-state index contributed by atoms with van der Waals surface area (Å²) >= 11 is 0. The van der Waals surface area contributed by atoms with Gasteiger partial charge >= 0.3 is 39.5 Å². The van der Waals surface area contributed by atoms with Gasteiger partial charge in [-0.05, 0) is 49.4 Å². The Hall–Kier alpha value is -1.94. The van der Waals surface area contributed by atoms with Gasteiger partial charge in [0.25, 0.3) is 0 Å². The summed E-state index contributed by atoms with van der Waals surface area (Å²) in [6.45, 7) is 14.2. The molecule has 0 saturated carbocycles. The molecule has 0 aromatic rings. The van der Waals surface area contributed by atoms with E-state index < -0.39 is 97.5 Å². The van der Waals surface area contributed by atoms with Crippen LogP contribution < -0.4 is 0 Å². The lowest BCUT2D eigenvalue weighted by Gasteiger charge is -2.21. The highest BCUT2D eigenvalue weighted by atomic mass is 31.2. The van der Waals surface area contributed by atoms with Crippen LogP contribution in [-0.2, 0) is 65.4 Å². The van der Waals surface area contributed by atoms with Crippen molar-refractivity contribution >= 4 is 39.5 Å². The molecule has 0 rings (SSSR count). The fourth-order valence-corrected chi connectivity index (χ4v) is 12.9. The first kappa shape index (κ1) is 92.1. The molecular formula is C75H146O17P2. The Morgan fingerprint density at radius 3 is 0.755 bits per heavy atom. The number of aliphatic hydroxyl groups is 1. The molecule has 0 aliphatic rings. The van der Waals surface area contributed by atoms with Crippen molar-refractivity contribution < 1.29 is 80.2 Å². The molecule has 0 radical (unpaired) electrons. The van der Waals surface area contributed by atoms with E-state index in [1.165, 1.54) is 173 Å². The first-order valence-electron chi connectivity index (χ1n) is 38.7. The normalized spacial score (nSPS) is 14.4. The summed E-state index contributed by atoms with van der Waals surface area (Å²) in [4.78, 5) is 72.8. The third-order valence-electron chi connectivity index (χ3n) is 17.7. The third kappa shape index (κ3) is 67.3. The summed E-state index contributed by atoms with van der Waals surface area (Å²) < 4.78 is 68.5. The largest absolute Gasteiger partial charge is 0.472 e. The maximum Gasteiger partial charge on any atom is 0.472 e. The van der Waals surface area contributed by atoms with Crippen molar-refractivity contribution in [2.45, 2.75) is 395 Å². The van der Waals surface area contributed by atoms with Gasteiger partial charge in [-0.15, -0.1) is 0 Å². The van der Waals surface area contributed by atoms with Crippen LogP contribution in [0.3, 0.4) is 0 Å². The molecule has 0 heterocycles. The molecule has 17 nitrogen and oxygen atoms in total. The zero-order valence-corrected chi connectivity index (χ0v) is 63.4. The average Bonchev–Trinajstić information content (AvgIpc) is 1.24. The molecule has 0 fully saturated rings. The molecule has 0 aliphatic carbocycles. The fraction of sp³-hybridized carbons (Fsp3) is 0.947. The van der Waals surface area contributed by atoms with Crippen molar-refractivity contribution in [2.75, 3.05) is 39.6 Å². The Bertz CT molecular complexity index is 1850. The monoisotopic (exact) mass is 1380 g/mol. The fourth-order valence-electron chi connectivity index (χ4n) is 11.3. The Kier molecular flexibility index (Phi) is 63.1. The predicted octanol–water partition coefficient (Wildman–Crippen LogP) is 21.7. The van der Waals surface area contributed by atoms with Gasteiger partial charge in [-0.1, -0.05) is 325 Å². The summed E-state index contributed by atoms with van der Waals surface area (Å²) in [6.07, 6.45) is 48.5. The van der Waals surface area contributed by atoms with E-state index in [4.69, 9.17) is 37.0 Å². The number of phosphoric acid groups is 2. The standard InChI is InChI=1S/C75H146O17P2/c1-9-68(8)54-46-38-33-34-40-48-56-73(78)86-62-71(92-74(79)57-49-41-31-25-17-13-11-10-12-15-21-27-35-43-51-65(2)3)64-90-94(83,84)88-60-69(76)59-87-93(81,82)89-63-70(91-75(80)58-50-42-32-26-20-19-23-29-37-45-53-67(6)7)61-85-72(77)55-47-39-30-24-18-14-16-22-28-36-44-52-66(4)5/h65-71,76H,9-64H2,1-8H3,(H,81,82)(H,83,84)/t68?,69-,70-,71-/m1/s1. The lowest BCUT2D eigenvalue weighted by Crippen LogP contribution is -2.30. The number of phosphoric ester groups is 2. The minimum atomic E-state index is -4.96. The Morgan fingerprint density at radius 2 is 0.511 bits per heavy atom. The summed E-state index contributed by atoms with van der Waals surface area (Å²) in [5.74, 6) is 0.926. The number of carbonyl (C=O) groups is 4. The van der Waals surface area contributed by atoms with Crippen molar-refractivity contribution in [3.05, 3.63) is 0 Å². The summed E-state index contributed by atoms with van der Waals surface area (Å²) in [7, 11) is -9.91. The van der Waals surface area contributed by atoms with Gasteiger partial charge in [0, 0.05) is 25.7 Å². The lowest BCUT2D eigenvalue weighted by atomic mass is 10.00. The van der Waals surface area contributed by atoms with E-state index in [1.54, 1.807) is 0 Å². The van der Waals surface area contributed by atoms with Gasteiger partial charge < -0.3 is 33.8 Å². The first-order valence-corrected chi connectivity index (χ1v) is 41.7. The van der Waals surface area contributed by atoms with Crippen LogP contribution in [0.25, 0.3) is 0 Å². The van der Waals surface area contributed by atoms with Crippen molar-refractivity contribution in [1.29, 1.82) is 0 Å². The Balaban J connectivity index is 5.25. The van der Waals surface area contributed by atoms with Gasteiger partial charge in [-0.25, -0.2) is 9.13 Å². The molecule has 0 saturated heterocycles. The van der Waals surface area contributed by atoms with Crippen LogP contribution in [0, 0.1) is 23.7 Å². The van der Waals surface area contributed by atoms with E-state index in [0.29, 0.717) is 25.7 Å². The highest BCUT2D eigenvalue weighted by Crippen LogP contribution is 2.45. The number of carbonyl (C=O) groups excluding carboxylic acids is 4. The molecule has 0 spiro atoms. The number of rotatable bonds is 72. The smallest absolute Gasteiger partial charge is 0.462 e. The molecule has 3 N–H and O–H groups in total. The molecule has 3 unspecified atom stereocenters. The van der Waals surface area contributed by atoms with Gasteiger partial charge in [-0.3, -0.25) is 37.3 Å². The van der Waals surface area contributed by atoms with Crippen molar-refractivity contribution in [3.63, 3.8) is 0 Å². The van der Waals surface area contributed by atoms with Gasteiger partial charge in [-0.2, -0.15) is 0 Å². The van der Waals surface area contributed by atoms with Crippen LogP contribution in [0.15, 0.2) is 0 Å². The van der Waals surface area contributed by atoms with Crippen LogP contribution in [0.4, 0.5) is 0 Å². The minimum absolute atomic E-state index is 0.105. The zero-order valence-electron chi connectivity index (χ0n) is 61.6. The van der Waals surface area contributed by atoms with Crippen LogP contribution in [-0.4, -0.2) is 96.7 Å². The zero-order chi connectivity index (χ0) is 69.6. The van der Waals surface area contributed by atoms with E-state index in [2.05, 4.69) is 55.4 Å². The van der Waals surface area contributed by atoms with Crippen LogP contribution in [0.1, 0.15) is 376 Å². The number of aliphatic hydroxyl groups excluding tert-OH is 1. The molecule has 558 valence electrons. The molecule has 19 heteroatoms. The molecular weight excluding hydrogens is 1230 g/mol. The second-order valence-electron chi connectivity index (χ2n) is 28.7. The number of ether oxygens (including phenoxy) is 4. The van der Waals surface area contributed by atoms with Gasteiger partial charge in [0.05, 0.1) is 26.4 Å². The second kappa shape index (κ2) is 64.4. The molecule has 0 aliphatic heterocycles. The van der Waals surface area contributed by atoms with Crippen LogP contribution in [0.2, 0.25) is 0 Å². The van der Waals surface area contributed by atoms with E-state index in [9.17, 15) is 43.2 Å². The van der Waals surface area contributed by atoms with Gasteiger partial charge in [0.2, 0.25) is 0 Å². The second-order valence-corrected chi connectivity index (χ2v) is 31.6. The quantitative estimate of drug-likeness (QED) is 0.0222. The summed E-state index contributed by atoms with van der Waals surface area (Å²) in [5.41, 5.74) is 0. The maximum atomic E-state index is 13.1.